The summed E-state index contributed by atoms with van der Waals surface area (Å²) in [6, 6.07) is 18.2. The summed E-state index contributed by atoms with van der Waals surface area (Å²) in [5, 5.41) is 0. The fraction of sp³-hybridized carbons (Fsp3) is 0.400. The van der Waals surface area contributed by atoms with Crippen LogP contribution in [0.4, 0.5) is 0 Å². The standard InChI is InChI=1S/C20H24S2/c21-14-16-4-8-18(9-5-16)20(12-2-1-3-13-20)19-10-6-17(15-22)7-11-19/h4-11,21-22H,1-3,12-15H2. The van der Waals surface area contributed by atoms with Crippen molar-refractivity contribution in [3.8, 4) is 0 Å². The first-order valence-corrected chi connectivity index (χ1v) is 9.45. The fourth-order valence-electron chi connectivity index (χ4n) is 3.76. The lowest BCUT2D eigenvalue weighted by atomic mass is 9.65. The molecule has 0 spiro atoms. The van der Waals surface area contributed by atoms with E-state index in [2.05, 4.69) is 73.8 Å². The van der Waals surface area contributed by atoms with Crippen molar-refractivity contribution in [2.45, 2.75) is 49.0 Å². The number of rotatable bonds is 4. The Hall–Kier alpha value is -0.860. The highest BCUT2D eigenvalue weighted by atomic mass is 32.1. The van der Waals surface area contributed by atoms with Crippen LogP contribution in [0.5, 0.6) is 0 Å². The van der Waals surface area contributed by atoms with Crippen molar-refractivity contribution in [3.05, 3.63) is 70.8 Å². The summed E-state index contributed by atoms with van der Waals surface area (Å²) in [6.45, 7) is 0. The molecule has 0 radical (unpaired) electrons. The van der Waals surface area contributed by atoms with Gasteiger partial charge in [-0.2, -0.15) is 25.3 Å². The Morgan fingerprint density at radius 1 is 0.636 bits per heavy atom. The summed E-state index contributed by atoms with van der Waals surface area (Å²) in [4.78, 5) is 0. The highest BCUT2D eigenvalue weighted by Gasteiger charge is 2.35. The normalized spacial score (nSPS) is 17.4. The minimum absolute atomic E-state index is 0.197. The minimum atomic E-state index is 0.197. The van der Waals surface area contributed by atoms with Crippen LogP contribution in [0.2, 0.25) is 0 Å². The first-order valence-electron chi connectivity index (χ1n) is 8.19. The molecule has 22 heavy (non-hydrogen) atoms. The smallest absolute Gasteiger partial charge is 0.0202 e. The van der Waals surface area contributed by atoms with Crippen molar-refractivity contribution >= 4 is 25.3 Å². The van der Waals surface area contributed by atoms with Crippen molar-refractivity contribution in [1.29, 1.82) is 0 Å². The van der Waals surface area contributed by atoms with E-state index in [4.69, 9.17) is 0 Å². The van der Waals surface area contributed by atoms with Gasteiger partial charge in [0.1, 0.15) is 0 Å². The van der Waals surface area contributed by atoms with E-state index < -0.39 is 0 Å². The molecule has 0 saturated heterocycles. The summed E-state index contributed by atoms with van der Waals surface area (Å²) >= 11 is 8.75. The molecule has 1 saturated carbocycles. The van der Waals surface area contributed by atoms with Crippen molar-refractivity contribution in [3.63, 3.8) is 0 Å². The van der Waals surface area contributed by atoms with Gasteiger partial charge in [0.2, 0.25) is 0 Å². The Kier molecular flexibility index (Phi) is 5.20. The Balaban J connectivity index is 2.02. The molecular weight excluding hydrogens is 304 g/mol. The van der Waals surface area contributed by atoms with Gasteiger partial charge in [-0.1, -0.05) is 67.8 Å². The van der Waals surface area contributed by atoms with E-state index in [0.29, 0.717) is 0 Å². The SMILES string of the molecule is SCc1ccc(C2(c3ccc(CS)cc3)CCCCC2)cc1. The van der Waals surface area contributed by atoms with Gasteiger partial charge in [-0.15, -0.1) is 0 Å². The third-order valence-corrected chi connectivity index (χ3v) is 5.82. The Labute approximate surface area is 145 Å². The van der Waals surface area contributed by atoms with E-state index >= 15 is 0 Å². The van der Waals surface area contributed by atoms with Gasteiger partial charge in [0, 0.05) is 16.9 Å². The lowest BCUT2D eigenvalue weighted by Crippen LogP contribution is -2.30. The summed E-state index contributed by atoms with van der Waals surface area (Å²) in [5.74, 6) is 1.62. The molecule has 0 aromatic heterocycles. The molecule has 0 N–H and O–H groups in total. The number of hydrogen-bond donors (Lipinski definition) is 2. The van der Waals surface area contributed by atoms with Crippen LogP contribution >= 0.6 is 25.3 Å². The van der Waals surface area contributed by atoms with Crippen LogP contribution in [0.15, 0.2) is 48.5 Å². The fourth-order valence-corrected chi connectivity index (χ4v) is 4.18. The summed E-state index contributed by atoms with van der Waals surface area (Å²) in [5.41, 5.74) is 5.72. The minimum Gasteiger partial charge on any atom is -0.175 e. The molecule has 2 aromatic carbocycles. The molecule has 1 aliphatic carbocycles. The first-order chi connectivity index (χ1) is 10.8. The van der Waals surface area contributed by atoms with Gasteiger partial charge in [-0.05, 0) is 35.1 Å². The molecule has 2 aromatic rings. The quantitative estimate of drug-likeness (QED) is 0.651. The van der Waals surface area contributed by atoms with Gasteiger partial charge in [-0.3, -0.25) is 0 Å². The van der Waals surface area contributed by atoms with E-state index in [0.717, 1.165) is 11.5 Å². The average Bonchev–Trinajstić information content (AvgIpc) is 2.62. The molecule has 0 nitrogen and oxygen atoms in total. The maximum absolute atomic E-state index is 4.38. The maximum atomic E-state index is 4.38. The van der Waals surface area contributed by atoms with E-state index in [-0.39, 0.29) is 5.41 Å². The van der Waals surface area contributed by atoms with Gasteiger partial charge in [0.15, 0.2) is 0 Å². The van der Waals surface area contributed by atoms with Crippen LogP contribution in [0.25, 0.3) is 0 Å². The monoisotopic (exact) mass is 328 g/mol. The zero-order valence-corrected chi connectivity index (χ0v) is 14.8. The molecule has 0 bridgehead atoms. The van der Waals surface area contributed by atoms with Crippen LogP contribution in [-0.4, -0.2) is 0 Å². The maximum Gasteiger partial charge on any atom is 0.0202 e. The Morgan fingerprint density at radius 3 is 1.41 bits per heavy atom. The zero-order chi connectivity index (χ0) is 15.4. The molecule has 1 aliphatic rings. The second-order valence-electron chi connectivity index (χ2n) is 6.35. The Morgan fingerprint density at radius 2 is 1.05 bits per heavy atom. The number of benzene rings is 2. The van der Waals surface area contributed by atoms with Crippen LogP contribution < -0.4 is 0 Å². The molecular formula is C20H24S2. The number of hydrogen-bond acceptors (Lipinski definition) is 2. The summed E-state index contributed by atoms with van der Waals surface area (Å²) in [7, 11) is 0. The first kappa shape index (κ1) is 16.0. The van der Waals surface area contributed by atoms with E-state index in [1.807, 2.05) is 0 Å². The molecule has 0 unspecified atom stereocenters. The second-order valence-corrected chi connectivity index (χ2v) is 6.99. The van der Waals surface area contributed by atoms with E-state index in [9.17, 15) is 0 Å². The van der Waals surface area contributed by atoms with Gasteiger partial charge < -0.3 is 0 Å². The summed E-state index contributed by atoms with van der Waals surface area (Å²) < 4.78 is 0. The molecule has 116 valence electrons. The topological polar surface area (TPSA) is 0 Å². The van der Waals surface area contributed by atoms with Crippen molar-refractivity contribution in [2.75, 3.05) is 0 Å². The summed E-state index contributed by atoms with van der Waals surface area (Å²) in [6.07, 6.45) is 6.53. The van der Waals surface area contributed by atoms with Crippen molar-refractivity contribution < 1.29 is 0 Å². The van der Waals surface area contributed by atoms with Crippen molar-refractivity contribution in [1.82, 2.24) is 0 Å². The molecule has 0 aliphatic heterocycles. The van der Waals surface area contributed by atoms with Gasteiger partial charge in [0.05, 0.1) is 0 Å². The lowest BCUT2D eigenvalue weighted by molar-refractivity contribution is 0.346. The molecule has 0 heterocycles. The highest BCUT2D eigenvalue weighted by Crippen LogP contribution is 2.45. The van der Waals surface area contributed by atoms with Crippen molar-refractivity contribution in [2.24, 2.45) is 0 Å². The van der Waals surface area contributed by atoms with Gasteiger partial charge in [0.25, 0.3) is 0 Å². The third kappa shape index (κ3) is 3.09. The largest absolute Gasteiger partial charge is 0.175 e. The Bertz CT molecular complexity index is 543. The molecule has 0 amide bonds. The lowest BCUT2D eigenvalue weighted by Gasteiger charge is -2.39. The van der Waals surface area contributed by atoms with Crippen LogP contribution in [0.1, 0.15) is 54.4 Å². The average molecular weight is 329 g/mol. The third-order valence-electron chi connectivity index (χ3n) is 5.09. The predicted octanol–water partition coefficient (Wildman–Crippen LogP) is 5.80. The van der Waals surface area contributed by atoms with Crippen LogP contribution in [0, 0.1) is 0 Å². The molecule has 0 atom stereocenters. The van der Waals surface area contributed by atoms with Gasteiger partial charge >= 0.3 is 0 Å². The molecule has 3 rings (SSSR count). The van der Waals surface area contributed by atoms with Crippen LogP contribution in [-0.2, 0) is 16.9 Å². The molecule has 1 fully saturated rings. The van der Waals surface area contributed by atoms with Gasteiger partial charge in [-0.25, -0.2) is 0 Å². The van der Waals surface area contributed by atoms with E-state index in [1.54, 1.807) is 0 Å². The zero-order valence-electron chi connectivity index (χ0n) is 13.0. The van der Waals surface area contributed by atoms with Crippen LogP contribution in [0.3, 0.4) is 0 Å². The highest BCUT2D eigenvalue weighted by molar-refractivity contribution is 7.79. The second kappa shape index (κ2) is 7.14. The van der Waals surface area contributed by atoms with E-state index in [1.165, 1.54) is 54.4 Å². The predicted molar refractivity (Wildman–Crippen MR) is 102 cm³/mol. The number of thiol groups is 2. The molecule has 2 heteroatoms.